The number of anilines is 1. The van der Waals surface area contributed by atoms with Crippen LogP contribution in [0.4, 0.5) is 11.5 Å². The number of nitrogens with zero attached hydrogens (tertiary/aromatic N) is 2. The molecule has 1 aromatic heterocycles. The van der Waals surface area contributed by atoms with Gasteiger partial charge >= 0.3 is 35.5 Å². The van der Waals surface area contributed by atoms with E-state index < -0.39 is 29.3 Å². The summed E-state index contributed by atoms with van der Waals surface area (Å²) >= 11 is 0. The summed E-state index contributed by atoms with van der Waals surface area (Å²) in [5, 5.41) is 28.3. The van der Waals surface area contributed by atoms with Gasteiger partial charge < -0.3 is 21.1 Å². The number of aromatic nitrogens is 1. The molecule has 0 aliphatic carbocycles. The Morgan fingerprint density at radius 3 is 2.47 bits per heavy atom. The first-order chi connectivity index (χ1) is 14.9. The van der Waals surface area contributed by atoms with Gasteiger partial charge in [-0.15, -0.1) is 0 Å². The van der Waals surface area contributed by atoms with Crippen molar-refractivity contribution in [1.82, 2.24) is 15.6 Å². The number of aliphatic carboxylic acids is 1. The van der Waals surface area contributed by atoms with E-state index >= 15 is 0 Å². The van der Waals surface area contributed by atoms with Gasteiger partial charge in [0.15, 0.2) is 0 Å². The van der Waals surface area contributed by atoms with E-state index in [1.165, 1.54) is 24.3 Å². The maximum absolute atomic E-state index is 12.2. The summed E-state index contributed by atoms with van der Waals surface area (Å²) in [6, 6.07) is 9.91. The standard InChI is InChI=1S/C20H23N5O6.Na.H/c26-18(9-5-11-22-17-8-3-4-10-21-17)23-13-19(27)24-15(12-20(28)29)14-6-1-2-7-16(14)25(30)31;;/h1-4,6-8,10,15H,5,9,11-13H2,(H,21,22)(H,23,26)(H,24,27)(H,28,29);;. The van der Waals surface area contributed by atoms with Gasteiger partial charge in [-0.25, -0.2) is 4.98 Å². The number of carbonyl (C=O) groups is 3. The zero-order valence-corrected chi connectivity index (χ0v) is 16.6. The first kappa shape index (κ1) is 27.0. The molecule has 1 unspecified atom stereocenters. The molecule has 2 amide bonds. The number of nitrogens with one attached hydrogen (secondary N) is 3. The molecule has 0 spiro atoms. The van der Waals surface area contributed by atoms with Crippen LogP contribution in [0.1, 0.15) is 30.9 Å². The van der Waals surface area contributed by atoms with Gasteiger partial charge in [0, 0.05) is 25.2 Å². The average Bonchev–Trinajstić information content (AvgIpc) is 2.75. The third-order valence-corrected chi connectivity index (χ3v) is 4.22. The van der Waals surface area contributed by atoms with Gasteiger partial charge in [0.2, 0.25) is 11.8 Å². The van der Waals surface area contributed by atoms with Crippen molar-refractivity contribution in [1.29, 1.82) is 0 Å². The Morgan fingerprint density at radius 1 is 1.09 bits per heavy atom. The molecule has 166 valence electrons. The second-order valence-electron chi connectivity index (χ2n) is 6.56. The molecular formula is C20H24N5NaO6. The number of para-hydroxylation sites is 1. The van der Waals surface area contributed by atoms with Crippen molar-refractivity contribution in [2.75, 3.05) is 18.4 Å². The fourth-order valence-corrected chi connectivity index (χ4v) is 2.81. The van der Waals surface area contributed by atoms with Crippen LogP contribution in [0, 0.1) is 10.1 Å². The molecule has 32 heavy (non-hydrogen) atoms. The number of amides is 2. The quantitative estimate of drug-likeness (QED) is 0.160. The van der Waals surface area contributed by atoms with Crippen LogP contribution in [-0.4, -0.2) is 75.4 Å². The number of nitro benzene ring substituents is 1. The van der Waals surface area contributed by atoms with Gasteiger partial charge in [0.05, 0.1) is 29.5 Å². The minimum absolute atomic E-state index is 0. The minimum atomic E-state index is -1.23. The van der Waals surface area contributed by atoms with Gasteiger partial charge in [-0.2, -0.15) is 0 Å². The van der Waals surface area contributed by atoms with E-state index in [4.69, 9.17) is 5.11 Å². The summed E-state index contributed by atoms with van der Waals surface area (Å²) in [7, 11) is 0. The van der Waals surface area contributed by atoms with Gasteiger partial charge in [0.25, 0.3) is 5.69 Å². The molecule has 2 rings (SSSR count). The molecule has 4 N–H and O–H groups in total. The van der Waals surface area contributed by atoms with Crippen LogP contribution in [0.2, 0.25) is 0 Å². The Labute approximate surface area is 206 Å². The fourth-order valence-electron chi connectivity index (χ4n) is 2.81. The number of rotatable bonds is 12. The van der Waals surface area contributed by atoms with Crippen molar-refractivity contribution in [2.24, 2.45) is 0 Å². The molecule has 0 aliphatic heterocycles. The van der Waals surface area contributed by atoms with E-state index in [-0.39, 0.29) is 59.7 Å². The van der Waals surface area contributed by atoms with Gasteiger partial charge in [-0.1, -0.05) is 24.3 Å². The summed E-state index contributed by atoms with van der Waals surface area (Å²) in [6.45, 7) is 0.151. The van der Waals surface area contributed by atoms with Crippen LogP contribution < -0.4 is 16.0 Å². The van der Waals surface area contributed by atoms with Crippen LogP contribution in [0.5, 0.6) is 0 Å². The van der Waals surface area contributed by atoms with Crippen LogP contribution in [0.3, 0.4) is 0 Å². The van der Waals surface area contributed by atoms with Crippen molar-refractivity contribution >= 4 is 58.8 Å². The predicted molar refractivity (Wildman–Crippen MR) is 118 cm³/mol. The Bertz CT molecular complexity index is 928. The number of carbonyl (C=O) groups excluding carboxylic acids is 2. The second kappa shape index (κ2) is 14.1. The number of carboxylic acids is 1. The molecule has 0 fully saturated rings. The Hall–Kier alpha value is -3.02. The number of carboxylic acid groups (broad SMARTS) is 1. The topological polar surface area (TPSA) is 164 Å². The number of benzene rings is 1. The summed E-state index contributed by atoms with van der Waals surface area (Å²) in [4.78, 5) is 49.9. The Kier molecular flexibility index (Phi) is 11.9. The molecule has 0 saturated carbocycles. The van der Waals surface area contributed by atoms with Crippen LogP contribution in [-0.2, 0) is 14.4 Å². The molecule has 0 radical (unpaired) electrons. The van der Waals surface area contributed by atoms with Crippen molar-refractivity contribution in [3.63, 3.8) is 0 Å². The summed E-state index contributed by atoms with van der Waals surface area (Å²) in [5.74, 6) is -1.53. The van der Waals surface area contributed by atoms with Crippen molar-refractivity contribution in [3.8, 4) is 0 Å². The molecule has 0 saturated heterocycles. The van der Waals surface area contributed by atoms with E-state index in [9.17, 15) is 24.5 Å². The van der Waals surface area contributed by atoms with Crippen LogP contribution >= 0.6 is 0 Å². The average molecular weight is 453 g/mol. The Morgan fingerprint density at radius 2 is 1.81 bits per heavy atom. The van der Waals surface area contributed by atoms with Gasteiger partial charge in [0.1, 0.15) is 5.82 Å². The second-order valence-corrected chi connectivity index (χ2v) is 6.56. The van der Waals surface area contributed by atoms with Crippen LogP contribution in [0.15, 0.2) is 48.7 Å². The maximum atomic E-state index is 12.2. The molecule has 11 nitrogen and oxygen atoms in total. The normalized spacial score (nSPS) is 10.9. The van der Waals surface area contributed by atoms with Crippen molar-refractivity contribution < 1.29 is 24.4 Å². The number of nitro groups is 1. The molecule has 1 atom stereocenters. The van der Waals surface area contributed by atoms with Gasteiger partial charge in [-0.3, -0.25) is 24.5 Å². The van der Waals surface area contributed by atoms with E-state index in [1.807, 2.05) is 6.07 Å². The third kappa shape index (κ3) is 9.41. The summed E-state index contributed by atoms with van der Waals surface area (Å²) in [6.07, 6.45) is 1.80. The summed E-state index contributed by atoms with van der Waals surface area (Å²) < 4.78 is 0. The Balaban J connectivity index is 0.00000512. The molecule has 0 bridgehead atoms. The number of hydrogen-bond acceptors (Lipinski definition) is 7. The third-order valence-electron chi connectivity index (χ3n) is 4.22. The van der Waals surface area contributed by atoms with E-state index in [2.05, 4.69) is 20.9 Å². The van der Waals surface area contributed by atoms with Crippen molar-refractivity contribution in [3.05, 3.63) is 64.3 Å². The molecule has 1 heterocycles. The monoisotopic (exact) mass is 453 g/mol. The van der Waals surface area contributed by atoms with Crippen LogP contribution in [0.25, 0.3) is 0 Å². The first-order valence-electron chi connectivity index (χ1n) is 9.53. The molecule has 2 aromatic rings. The zero-order valence-electron chi connectivity index (χ0n) is 16.6. The first-order valence-corrected chi connectivity index (χ1v) is 9.53. The predicted octanol–water partition coefficient (Wildman–Crippen LogP) is 0.982. The number of hydrogen-bond donors (Lipinski definition) is 4. The molecule has 12 heteroatoms. The van der Waals surface area contributed by atoms with Crippen molar-refractivity contribution in [2.45, 2.75) is 25.3 Å². The molecule has 1 aromatic carbocycles. The van der Waals surface area contributed by atoms with E-state index in [1.54, 1.807) is 18.3 Å². The van der Waals surface area contributed by atoms with E-state index in [0.717, 1.165) is 0 Å². The summed E-state index contributed by atoms with van der Waals surface area (Å²) in [5.41, 5.74) is -0.214. The fraction of sp³-hybridized carbons (Fsp3) is 0.300. The van der Waals surface area contributed by atoms with E-state index in [0.29, 0.717) is 18.8 Å². The molecular weight excluding hydrogens is 429 g/mol. The van der Waals surface area contributed by atoms with Gasteiger partial charge in [-0.05, 0) is 18.6 Å². The molecule has 0 aliphatic rings. The SMILES string of the molecule is O=C(O)CC(NC(=O)CNC(=O)CCCNc1ccccn1)c1ccccc1[N+](=O)[O-].[NaH]. The zero-order chi connectivity index (χ0) is 22.6. The number of pyridine rings is 1.